The Morgan fingerprint density at radius 3 is 2.38 bits per heavy atom. The molecule has 1 spiro atoms. The summed E-state index contributed by atoms with van der Waals surface area (Å²) in [5, 5.41) is 4.58. The molecule has 0 N–H and O–H groups in total. The number of amides is 1. The number of benzene rings is 1. The highest BCUT2D eigenvalue weighted by atomic mass is 16.7. The zero-order chi connectivity index (χ0) is 18.3. The van der Waals surface area contributed by atoms with Crippen LogP contribution >= 0.6 is 0 Å². The highest BCUT2D eigenvalue weighted by Crippen LogP contribution is 2.31. The van der Waals surface area contributed by atoms with Crippen molar-refractivity contribution in [2.45, 2.75) is 39.4 Å². The average molecular weight is 355 g/mol. The summed E-state index contributed by atoms with van der Waals surface area (Å²) in [7, 11) is 0. The minimum absolute atomic E-state index is 0.0245. The molecule has 4 rings (SSSR count). The molecule has 138 valence electrons. The van der Waals surface area contributed by atoms with Crippen molar-refractivity contribution in [1.82, 2.24) is 14.7 Å². The van der Waals surface area contributed by atoms with E-state index in [2.05, 4.69) is 31.1 Å². The Bertz CT molecular complexity index is 827. The molecule has 3 heterocycles. The summed E-state index contributed by atoms with van der Waals surface area (Å²) in [4.78, 5) is 14.7. The molecule has 0 saturated carbocycles. The fourth-order valence-electron chi connectivity index (χ4n) is 3.70. The molecule has 1 amide bonds. The number of hydrogen-bond acceptors (Lipinski definition) is 4. The zero-order valence-corrected chi connectivity index (χ0v) is 15.6. The van der Waals surface area contributed by atoms with Crippen LogP contribution in [0.3, 0.4) is 0 Å². The molecule has 2 aliphatic rings. The quantitative estimate of drug-likeness (QED) is 0.831. The summed E-state index contributed by atoms with van der Waals surface area (Å²) in [5.41, 5.74) is 4.88. The van der Waals surface area contributed by atoms with Gasteiger partial charge in [-0.05, 0) is 50.1 Å². The van der Waals surface area contributed by atoms with Crippen LogP contribution in [-0.2, 0) is 9.47 Å². The summed E-state index contributed by atoms with van der Waals surface area (Å²) < 4.78 is 13.3. The van der Waals surface area contributed by atoms with Gasteiger partial charge >= 0.3 is 0 Å². The Morgan fingerprint density at radius 1 is 1.04 bits per heavy atom. The molecule has 0 unspecified atom stereocenters. The van der Waals surface area contributed by atoms with Gasteiger partial charge in [-0.3, -0.25) is 4.79 Å². The predicted molar refractivity (Wildman–Crippen MR) is 97.5 cm³/mol. The van der Waals surface area contributed by atoms with Gasteiger partial charge < -0.3 is 14.4 Å². The van der Waals surface area contributed by atoms with Crippen molar-refractivity contribution in [3.8, 4) is 5.69 Å². The van der Waals surface area contributed by atoms with Crippen LogP contribution in [0, 0.1) is 20.8 Å². The summed E-state index contributed by atoms with van der Waals surface area (Å²) in [6.07, 6.45) is 1.44. The molecule has 6 nitrogen and oxygen atoms in total. The molecule has 6 heteroatoms. The van der Waals surface area contributed by atoms with E-state index in [1.54, 1.807) is 0 Å². The normalized spacial score (nSPS) is 19.3. The first-order chi connectivity index (χ1) is 12.5. The highest BCUT2D eigenvalue weighted by molar-refractivity contribution is 5.92. The van der Waals surface area contributed by atoms with Crippen LogP contribution in [0.1, 0.15) is 40.2 Å². The highest BCUT2D eigenvalue weighted by Gasteiger charge is 2.41. The number of nitrogens with zero attached hydrogens (tertiary/aromatic N) is 3. The Hall–Kier alpha value is -2.18. The number of hydrogen-bond donors (Lipinski definition) is 0. The van der Waals surface area contributed by atoms with E-state index in [4.69, 9.17) is 9.47 Å². The van der Waals surface area contributed by atoms with E-state index in [0.29, 0.717) is 32.0 Å². The Balaban J connectivity index is 1.51. The maximum Gasteiger partial charge on any atom is 0.274 e. The molecule has 2 saturated heterocycles. The first kappa shape index (κ1) is 17.2. The molecule has 0 aliphatic carbocycles. The second-order valence-corrected chi connectivity index (χ2v) is 7.25. The van der Waals surface area contributed by atoms with Gasteiger partial charge in [0.15, 0.2) is 11.5 Å². The minimum atomic E-state index is -0.467. The lowest BCUT2D eigenvalue weighted by Gasteiger charge is -2.37. The molecule has 1 aromatic carbocycles. The smallest absolute Gasteiger partial charge is 0.274 e. The van der Waals surface area contributed by atoms with Gasteiger partial charge in [0, 0.05) is 31.6 Å². The van der Waals surface area contributed by atoms with Gasteiger partial charge in [-0.2, -0.15) is 5.10 Å². The third-order valence-electron chi connectivity index (χ3n) is 5.47. The monoisotopic (exact) mass is 355 g/mol. The van der Waals surface area contributed by atoms with Crippen LogP contribution in [0.2, 0.25) is 0 Å². The zero-order valence-electron chi connectivity index (χ0n) is 15.6. The Labute approximate surface area is 153 Å². The Kier molecular flexibility index (Phi) is 4.32. The predicted octanol–water partition coefficient (Wildman–Crippen LogP) is 2.78. The van der Waals surface area contributed by atoms with Crippen molar-refractivity contribution in [2.24, 2.45) is 0 Å². The van der Waals surface area contributed by atoms with Crippen molar-refractivity contribution in [3.05, 3.63) is 46.8 Å². The first-order valence-corrected chi connectivity index (χ1v) is 9.19. The topological polar surface area (TPSA) is 56.6 Å². The number of carbonyl (C=O) groups is 1. The number of likely N-dealkylation sites (tertiary alicyclic amines) is 1. The van der Waals surface area contributed by atoms with E-state index in [0.717, 1.165) is 24.2 Å². The third kappa shape index (κ3) is 3.04. The van der Waals surface area contributed by atoms with Crippen LogP contribution in [0.15, 0.2) is 24.3 Å². The van der Waals surface area contributed by atoms with E-state index in [1.165, 1.54) is 11.1 Å². The van der Waals surface area contributed by atoms with Crippen molar-refractivity contribution >= 4 is 5.91 Å². The SMILES string of the molecule is Cc1ccc(-n2nc(C(=O)N3CCC4(CC3)OCCO4)cc2C)cc1C. The number of piperidine rings is 1. The lowest BCUT2D eigenvalue weighted by Crippen LogP contribution is -2.47. The molecule has 2 aliphatic heterocycles. The Morgan fingerprint density at radius 2 is 1.73 bits per heavy atom. The summed E-state index contributed by atoms with van der Waals surface area (Å²) in [6, 6.07) is 8.09. The summed E-state index contributed by atoms with van der Waals surface area (Å²) in [6.45, 7) is 8.71. The largest absolute Gasteiger partial charge is 0.347 e. The molecule has 0 bridgehead atoms. The van der Waals surface area contributed by atoms with Gasteiger partial charge in [-0.25, -0.2) is 4.68 Å². The van der Waals surface area contributed by atoms with Gasteiger partial charge in [-0.1, -0.05) is 6.07 Å². The molecule has 1 aromatic heterocycles. The minimum Gasteiger partial charge on any atom is -0.347 e. The number of rotatable bonds is 2. The maximum absolute atomic E-state index is 12.9. The van der Waals surface area contributed by atoms with E-state index < -0.39 is 5.79 Å². The molecular weight excluding hydrogens is 330 g/mol. The van der Waals surface area contributed by atoms with Gasteiger partial charge in [0.1, 0.15) is 0 Å². The van der Waals surface area contributed by atoms with E-state index in [1.807, 2.05) is 28.6 Å². The van der Waals surface area contributed by atoms with E-state index >= 15 is 0 Å². The molecule has 26 heavy (non-hydrogen) atoms. The van der Waals surface area contributed by atoms with Gasteiger partial charge in [-0.15, -0.1) is 0 Å². The van der Waals surface area contributed by atoms with Gasteiger partial charge in [0.2, 0.25) is 0 Å². The molecule has 0 radical (unpaired) electrons. The van der Waals surface area contributed by atoms with Crippen LogP contribution in [-0.4, -0.2) is 52.7 Å². The molecule has 2 aromatic rings. The van der Waals surface area contributed by atoms with Crippen molar-refractivity contribution in [2.75, 3.05) is 26.3 Å². The van der Waals surface area contributed by atoms with E-state index in [-0.39, 0.29) is 5.91 Å². The second-order valence-electron chi connectivity index (χ2n) is 7.25. The second kappa shape index (κ2) is 6.52. The standard InChI is InChI=1S/C20H25N3O3/c1-14-4-5-17(12-15(14)2)23-16(3)13-18(21-23)19(24)22-8-6-20(7-9-22)25-10-11-26-20/h4-5,12-13H,6-11H2,1-3H3. The van der Waals surface area contributed by atoms with E-state index in [9.17, 15) is 4.79 Å². The fraction of sp³-hybridized carbons (Fsp3) is 0.500. The van der Waals surface area contributed by atoms with Crippen molar-refractivity contribution in [3.63, 3.8) is 0 Å². The molecule has 0 atom stereocenters. The molecular formula is C20H25N3O3. The maximum atomic E-state index is 12.9. The third-order valence-corrected chi connectivity index (χ3v) is 5.47. The number of carbonyl (C=O) groups excluding carboxylic acids is 1. The lowest BCUT2D eigenvalue weighted by atomic mass is 10.0. The average Bonchev–Trinajstić information content (AvgIpc) is 3.25. The summed E-state index contributed by atoms with van der Waals surface area (Å²) in [5.74, 6) is -0.491. The van der Waals surface area contributed by atoms with Crippen LogP contribution in [0.5, 0.6) is 0 Å². The number of ether oxygens (including phenoxy) is 2. The van der Waals surface area contributed by atoms with Crippen LogP contribution < -0.4 is 0 Å². The van der Waals surface area contributed by atoms with Crippen LogP contribution in [0.4, 0.5) is 0 Å². The first-order valence-electron chi connectivity index (χ1n) is 9.19. The fourth-order valence-corrected chi connectivity index (χ4v) is 3.70. The van der Waals surface area contributed by atoms with Gasteiger partial charge in [0.05, 0.1) is 18.9 Å². The number of aromatic nitrogens is 2. The van der Waals surface area contributed by atoms with Crippen molar-refractivity contribution in [1.29, 1.82) is 0 Å². The number of aryl methyl sites for hydroxylation is 3. The van der Waals surface area contributed by atoms with Gasteiger partial charge in [0.25, 0.3) is 5.91 Å². The molecule has 2 fully saturated rings. The van der Waals surface area contributed by atoms with Crippen LogP contribution in [0.25, 0.3) is 5.69 Å². The van der Waals surface area contributed by atoms with Crippen molar-refractivity contribution < 1.29 is 14.3 Å². The summed E-state index contributed by atoms with van der Waals surface area (Å²) >= 11 is 0. The lowest BCUT2D eigenvalue weighted by molar-refractivity contribution is -0.181.